The van der Waals surface area contributed by atoms with Gasteiger partial charge in [0.15, 0.2) is 0 Å². The minimum Gasteiger partial charge on any atom is -0.457 e. The summed E-state index contributed by atoms with van der Waals surface area (Å²) in [5, 5.41) is 0. The Balaban J connectivity index is 4.16. The number of hydrogen-bond donors (Lipinski definition) is 1. The predicted octanol–water partition coefficient (Wildman–Crippen LogP) is 15.8. The summed E-state index contributed by atoms with van der Waals surface area (Å²) in [6.07, 6.45) is 60.9. The molecule has 63 heavy (non-hydrogen) atoms. The fourth-order valence-electron chi connectivity index (χ4n) is 6.81. The monoisotopic (exact) mass is 905 g/mol. The molecule has 0 rings (SSSR count). The first-order chi connectivity index (χ1) is 30.6. The predicted molar refractivity (Wildman–Crippen MR) is 270 cm³/mol. The Morgan fingerprint density at radius 1 is 0.508 bits per heavy atom. The fraction of sp³-hybridized carbons (Fsp3) is 0.759. The molecule has 0 spiro atoms. The average molecular weight is 905 g/mol. The Bertz CT molecular complexity index is 1230. The van der Waals surface area contributed by atoms with Gasteiger partial charge in [-0.15, -0.1) is 0 Å². The lowest BCUT2D eigenvalue weighted by Gasteiger charge is -2.24. The number of carbonyl (C=O) groups excluding carboxylic acids is 1. The summed E-state index contributed by atoms with van der Waals surface area (Å²) in [7, 11) is 1.64. The van der Waals surface area contributed by atoms with E-state index in [2.05, 4.69) is 86.8 Å². The van der Waals surface area contributed by atoms with E-state index in [4.69, 9.17) is 18.5 Å². The third-order valence-electron chi connectivity index (χ3n) is 10.8. The molecule has 0 amide bonds. The molecule has 1 N–H and O–H groups in total. The molecule has 0 fully saturated rings. The molecular weight excluding hydrogens is 806 g/mol. The molecule has 0 saturated heterocycles. The minimum absolute atomic E-state index is 0.0802. The first-order valence-electron chi connectivity index (χ1n) is 25.7. The molecule has 0 aromatic rings. The van der Waals surface area contributed by atoms with Crippen LogP contribution in [0.4, 0.5) is 0 Å². The van der Waals surface area contributed by atoms with Crippen molar-refractivity contribution in [3.8, 4) is 0 Å². The van der Waals surface area contributed by atoms with Gasteiger partial charge in [-0.3, -0.25) is 13.8 Å². The molecular formula is C54H99NO7P+. The van der Waals surface area contributed by atoms with E-state index in [0.29, 0.717) is 24.1 Å². The van der Waals surface area contributed by atoms with Crippen LogP contribution in [0, 0.1) is 0 Å². The van der Waals surface area contributed by atoms with Crippen LogP contribution in [-0.4, -0.2) is 75.6 Å². The Hall–Kier alpha value is -2.06. The minimum atomic E-state index is -4.29. The first-order valence-corrected chi connectivity index (χ1v) is 27.2. The molecule has 366 valence electrons. The highest BCUT2D eigenvalue weighted by molar-refractivity contribution is 7.47. The van der Waals surface area contributed by atoms with Crippen molar-refractivity contribution in [3.05, 3.63) is 72.9 Å². The second-order valence-electron chi connectivity index (χ2n) is 18.2. The van der Waals surface area contributed by atoms with Crippen LogP contribution in [0.2, 0.25) is 0 Å². The molecule has 9 heteroatoms. The van der Waals surface area contributed by atoms with E-state index in [9.17, 15) is 14.3 Å². The van der Waals surface area contributed by atoms with Gasteiger partial charge in [-0.2, -0.15) is 0 Å². The van der Waals surface area contributed by atoms with E-state index in [1.165, 1.54) is 109 Å². The Morgan fingerprint density at radius 3 is 1.38 bits per heavy atom. The van der Waals surface area contributed by atoms with Crippen molar-refractivity contribution in [2.75, 3.05) is 54.1 Å². The lowest BCUT2D eigenvalue weighted by atomic mass is 10.0. The maximum atomic E-state index is 12.7. The highest BCUT2D eigenvalue weighted by Crippen LogP contribution is 2.43. The molecule has 0 radical (unpaired) electrons. The molecule has 0 saturated carbocycles. The van der Waals surface area contributed by atoms with Gasteiger partial charge in [0, 0.05) is 13.0 Å². The van der Waals surface area contributed by atoms with Crippen LogP contribution in [0.25, 0.3) is 0 Å². The number of ether oxygens (including phenoxy) is 2. The molecule has 0 heterocycles. The zero-order chi connectivity index (χ0) is 46.2. The van der Waals surface area contributed by atoms with Crippen LogP contribution in [0.15, 0.2) is 72.9 Å². The standard InChI is InChI=1S/C54H98NO7P/c1-6-8-10-12-14-16-18-20-22-24-25-26-27-28-29-30-32-34-36-38-40-42-44-46-49-59-51-53(52-61-63(57,58)60-50-48-55(3,4)5)62-54(56)47-45-43-41-39-37-35-33-31-23-21-19-17-15-13-11-9-7-2/h9,11,15,17-18,20-21,23-25,33,35,53H,6-8,10,12-14,16,19,22,26-32,34,36-52H2,1-5H3/p+1/b11-9-,17-15-,20-18-,23-21-,25-24-,35-33-. The number of nitrogens with zero attached hydrogens (tertiary/aromatic N) is 1. The molecule has 0 aromatic heterocycles. The Labute approximate surface area is 389 Å². The number of phosphoric acid groups is 1. The number of likely N-dealkylation sites (N-methyl/N-ethyl adjacent to an activating group) is 1. The van der Waals surface area contributed by atoms with Gasteiger partial charge in [0.05, 0.1) is 34.4 Å². The van der Waals surface area contributed by atoms with Crippen molar-refractivity contribution >= 4 is 13.8 Å². The van der Waals surface area contributed by atoms with Gasteiger partial charge in [0.2, 0.25) is 0 Å². The number of carbonyl (C=O) groups is 1. The summed E-state index contributed by atoms with van der Waals surface area (Å²) in [6, 6.07) is 0. The van der Waals surface area contributed by atoms with Crippen LogP contribution in [-0.2, 0) is 27.9 Å². The maximum absolute atomic E-state index is 12.7. The van der Waals surface area contributed by atoms with Gasteiger partial charge in [-0.25, -0.2) is 4.57 Å². The van der Waals surface area contributed by atoms with E-state index >= 15 is 0 Å². The molecule has 0 aromatic carbocycles. The third-order valence-corrected chi connectivity index (χ3v) is 11.7. The molecule has 0 aliphatic carbocycles. The van der Waals surface area contributed by atoms with E-state index in [-0.39, 0.29) is 25.8 Å². The van der Waals surface area contributed by atoms with E-state index in [1.54, 1.807) is 0 Å². The van der Waals surface area contributed by atoms with Crippen LogP contribution in [0.1, 0.15) is 206 Å². The molecule has 8 nitrogen and oxygen atoms in total. The zero-order valence-electron chi connectivity index (χ0n) is 41.5. The van der Waals surface area contributed by atoms with Crippen molar-refractivity contribution in [1.29, 1.82) is 0 Å². The molecule has 0 bridgehead atoms. The summed E-state index contributed by atoms with van der Waals surface area (Å²) in [5.74, 6) is -0.338. The van der Waals surface area contributed by atoms with Gasteiger partial charge in [0.1, 0.15) is 19.3 Å². The maximum Gasteiger partial charge on any atom is 0.472 e. The van der Waals surface area contributed by atoms with E-state index in [0.717, 1.165) is 77.0 Å². The molecule has 2 atom stereocenters. The van der Waals surface area contributed by atoms with Crippen molar-refractivity contribution in [1.82, 2.24) is 0 Å². The quantitative estimate of drug-likeness (QED) is 0.0214. The molecule has 0 aliphatic heterocycles. The van der Waals surface area contributed by atoms with E-state index in [1.807, 2.05) is 21.1 Å². The number of phosphoric ester groups is 1. The number of rotatable bonds is 47. The number of unbranched alkanes of at least 4 members (excludes halogenated alkanes) is 21. The Morgan fingerprint density at radius 2 is 0.921 bits per heavy atom. The second-order valence-corrected chi connectivity index (χ2v) is 19.6. The normalized spacial score (nSPS) is 14.2. The largest absolute Gasteiger partial charge is 0.472 e. The van der Waals surface area contributed by atoms with Crippen molar-refractivity contribution in [3.63, 3.8) is 0 Å². The number of hydrogen-bond acceptors (Lipinski definition) is 6. The van der Waals surface area contributed by atoms with Crippen LogP contribution >= 0.6 is 7.82 Å². The van der Waals surface area contributed by atoms with Crippen LogP contribution < -0.4 is 0 Å². The lowest BCUT2D eigenvalue weighted by Crippen LogP contribution is -2.37. The summed E-state index contributed by atoms with van der Waals surface area (Å²) in [4.78, 5) is 23.0. The number of allylic oxidation sites excluding steroid dienone is 12. The average Bonchev–Trinajstić information content (AvgIpc) is 3.24. The SMILES string of the molecule is CC/C=C\C/C=C\C/C=C\C/C=C\CCCCCCC(=O)OC(COCCCCCCCCCCCCCC/C=C\C/C=C\CCCCCCC)COP(=O)(O)OCC[N+](C)(C)C. The second kappa shape index (κ2) is 46.5. The van der Waals surface area contributed by atoms with Gasteiger partial charge in [-0.05, 0) is 83.5 Å². The first kappa shape index (κ1) is 60.9. The van der Waals surface area contributed by atoms with Gasteiger partial charge in [0.25, 0.3) is 0 Å². The topological polar surface area (TPSA) is 91.3 Å². The third kappa shape index (κ3) is 50.8. The lowest BCUT2D eigenvalue weighted by molar-refractivity contribution is -0.870. The highest BCUT2D eigenvalue weighted by atomic mass is 31.2. The van der Waals surface area contributed by atoms with Crippen LogP contribution in [0.5, 0.6) is 0 Å². The van der Waals surface area contributed by atoms with Gasteiger partial charge in [-0.1, -0.05) is 189 Å². The van der Waals surface area contributed by atoms with E-state index < -0.39 is 13.9 Å². The highest BCUT2D eigenvalue weighted by Gasteiger charge is 2.26. The fourth-order valence-corrected chi connectivity index (χ4v) is 7.55. The van der Waals surface area contributed by atoms with Crippen molar-refractivity contribution in [2.24, 2.45) is 0 Å². The molecule has 2 unspecified atom stereocenters. The molecule has 0 aliphatic rings. The number of esters is 1. The van der Waals surface area contributed by atoms with Crippen molar-refractivity contribution in [2.45, 2.75) is 213 Å². The number of quaternary nitrogens is 1. The zero-order valence-corrected chi connectivity index (χ0v) is 42.4. The summed E-state index contributed by atoms with van der Waals surface area (Å²) in [6.45, 7) is 5.47. The van der Waals surface area contributed by atoms with Crippen LogP contribution in [0.3, 0.4) is 0 Å². The Kier molecular flexibility index (Phi) is 44.9. The summed E-state index contributed by atoms with van der Waals surface area (Å²) in [5.41, 5.74) is 0. The van der Waals surface area contributed by atoms with Crippen molar-refractivity contribution < 1.29 is 37.3 Å². The van der Waals surface area contributed by atoms with Gasteiger partial charge >= 0.3 is 13.8 Å². The summed E-state index contributed by atoms with van der Waals surface area (Å²) >= 11 is 0. The summed E-state index contributed by atoms with van der Waals surface area (Å²) < 4.78 is 35.1. The van der Waals surface area contributed by atoms with Gasteiger partial charge < -0.3 is 18.9 Å². The smallest absolute Gasteiger partial charge is 0.457 e.